The fraction of sp³-hybridized carbons (Fsp3) is 0.375. The van der Waals surface area contributed by atoms with E-state index in [0.717, 1.165) is 59.9 Å². The quantitative estimate of drug-likeness (QED) is 0.182. The molecule has 3 atom stereocenters. The fourth-order valence-corrected chi connectivity index (χ4v) is 6.52. The van der Waals surface area contributed by atoms with Crippen LogP contribution >= 0.6 is 0 Å². The number of ketones is 2. The molecular weight excluding hydrogens is 570 g/mol. The number of hydrogen-bond acceptors (Lipinski definition) is 5. The molecular formula is C40H43N3O3. The van der Waals surface area contributed by atoms with E-state index < -0.39 is 0 Å². The molecule has 1 amide bonds. The summed E-state index contributed by atoms with van der Waals surface area (Å²) in [4.78, 5) is 44.6. The third-order valence-electron chi connectivity index (χ3n) is 9.66. The second-order valence-corrected chi connectivity index (χ2v) is 12.8. The van der Waals surface area contributed by atoms with Gasteiger partial charge in [0.25, 0.3) is 5.91 Å². The SMILES string of the molecule is CC(=O)c1ccc(CCCC(=O)CCCc2ccc3c(c2)C(=O)N(CCC2=CN=CC(C)C2C)C(c2ccc(C#N)cc2)C3)cc1. The van der Waals surface area contributed by atoms with Crippen LogP contribution in [0.1, 0.15) is 107 Å². The van der Waals surface area contributed by atoms with Gasteiger partial charge in [-0.05, 0) is 103 Å². The second-order valence-electron chi connectivity index (χ2n) is 12.8. The molecule has 0 saturated heterocycles. The van der Waals surface area contributed by atoms with Gasteiger partial charge in [0.1, 0.15) is 5.78 Å². The molecule has 6 heteroatoms. The first-order valence-corrected chi connectivity index (χ1v) is 16.5. The van der Waals surface area contributed by atoms with E-state index in [9.17, 15) is 19.6 Å². The maximum atomic E-state index is 14.1. The van der Waals surface area contributed by atoms with Crippen LogP contribution in [0.3, 0.4) is 0 Å². The number of carbonyl (C=O) groups excluding carboxylic acids is 3. The lowest BCUT2D eigenvalue weighted by Crippen LogP contribution is -2.41. The lowest BCUT2D eigenvalue weighted by molar-refractivity contribution is -0.119. The average Bonchev–Trinajstić information content (AvgIpc) is 3.06. The second kappa shape index (κ2) is 15.1. The van der Waals surface area contributed by atoms with E-state index in [-0.39, 0.29) is 23.5 Å². The lowest BCUT2D eigenvalue weighted by Gasteiger charge is -2.38. The van der Waals surface area contributed by atoms with Gasteiger partial charge < -0.3 is 4.90 Å². The zero-order valence-electron chi connectivity index (χ0n) is 27.2. The highest BCUT2D eigenvalue weighted by molar-refractivity contribution is 5.97. The van der Waals surface area contributed by atoms with Crippen LogP contribution in [0.5, 0.6) is 0 Å². The summed E-state index contributed by atoms with van der Waals surface area (Å²) in [5, 5.41) is 9.30. The molecule has 2 aliphatic rings. The number of hydrogen-bond donors (Lipinski definition) is 0. The van der Waals surface area contributed by atoms with Crippen molar-refractivity contribution in [1.82, 2.24) is 4.90 Å². The molecule has 6 nitrogen and oxygen atoms in total. The summed E-state index contributed by atoms with van der Waals surface area (Å²) in [5.41, 5.74) is 7.61. The summed E-state index contributed by atoms with van der Waals surface area (Å²) in [5.74, 6) is 1.10. The monoisotopic (exact) mass is 613 g/mol. The van der Waals surface area contributed by atoms with Crippen molar-refractivity contribution in [2.24, 2.45) is 16.8 Å². The lowest BCUT2D eigenvalue weighted by atomic mass is 9.85. The highest BCUT2D eigenvalue weighted by Crippen LogP contribution is 2.35. The molecule has 0 spiro atoms. The summed E-state index contributed by atoms with van der Waals surface area (Å²) in [6.07, 6.45) is 9.60. The first-order chi connectivity index (χ1) is 22.2. The summed E-state index contributed by atoms with van der Waals surface area (Å²) < 4.78 is 0. The Hall–Kier alpha value is -4.63. The maximum absolute atomic E-state index is 14.1. The van der Waals surface area contributed by atoms with Gasteiger partial charge in [0.2, 0.25) is 0 Å². The van der Waals surface area contributed by atoms with Crippen LogP contribution in [0.4, 0.5) is 0 Å². The third kappa shape index (κ3) is 7.95. The Morgan fingerprint density at radius 2 is 1.59 bits per heavy atom. The summed E-state index contributed by atoms with van der Waals surface area (Å²) in [6, 6.07) is 23.5. The normalized spacial score (nSPS) is 18.9. The van der Waals surface area contributed by atoms with E-state index in [0.29, 0.717) is 48.8 Å². The van der Waals surface area contributed by atoms with Crippen molar-refractivity contribution < 1.29 is 14.4 Å². The molecule has 3 unspecified atom stereocenters. The van der Waals surface area contributed by atoms with Crippen LogP contribution in [-0.4, -0.2) is 35.1 Å². The molecule has 0 aromatic heterocycles. The predicted molar refractivity (Wildman–Crippen MR) is 182 cm³/mol. The van der Waals surface area contributed by atoms with Crippen molar-refractivity contribution >= 4 is 23.7 Å². The third-order valence-corrected chi connectivity index (χ3v) is 9.66. The molecule has 3 aromatic rings. The number of Topliss-reactive ketones (excluding diaryl/α,β-unsaturated/α-hetero) is 2. The molecule has 236 valence electrons. The number of amides is 1. The fourth-order valence-electron chi connectivity index (χ4n) is 6.52. The Bertz CT molecular complexity index is 1680. The highest BCUT2D eigenvalue weighted by atomic mass is 16.2. The number of rotatable bonds is 13. The maximum Gasteiger partial charge on any atom is 0.254 e. The zero-order valence-corrected chi connectivity index (χ0v) is 27.2. The molecule has 0 radical (unpaired) electrons. The Morgan fingerprint density at radius 1 is 0.913 bits per heavy atom. The van der Waals surface area contributed by atoms with E-state index in [1.54, 1.807) is 6.92 Å². The van der Waals surface area contributed by atoms with E-state index in [2.05, 4.69) is 37.0 Å². The molecule has 0 saturated carbocycles. The summed E-state index contributed by atoms with van der Waals surface area (Å²) in [6.45, 7) is 6.56. The molecule has 0 fully saturated rings. The summed E-state index contributed by atoms with van der Waals surface area (Å²) in [7, 11) is 0. The van der Waals surface area contributed by atoms with Gasteiger partial charge in [0.05, 0.1) is 17.7 Å². The van der Waals surface area contributed by atoms with Gasteiger partial charge in [0.15, 0.2) is 5.78 Å². The highest BCUT2D eigenvalue weighted by Gasteiger charge is 2.34. The van der Waals surface area contributed by atoms with E-state index in [4.69, 9.17) is 0 Å². The first-order valence-electron chi connectivity index (χ1n) is 16.5. The number of aryl methyl sites for hydroxylation is 2. The number of carbonyl (C=O) groups is 3. The first kappa shape index (κ1) is 32.8. The van der Waals surface area contributed by atoms with Crippen LogP contribution in [0, 0.1) is 23.2 Å². The van der Waals surface area contributed by atoms with Crippen LogP contribution in [0.15, 0.2) is 83.5 Å². The van der Waals surface area contributed by atoms with Crippen molar-refractivity contribution in [2.45, 2.75) is 78.2 Å². The number of aliphatic imine (C=N–C) groups is 1. The molecule has 2 aliphatic heterocycles. The molecule has 0 N–H and O–H groups in total. The van der Waals surface area contributed by atoms with Crippen molar-refractivity contribution in [3.8, 4) is 6.07 Å². The Morgan fingerprint density at radius 3 is 2.26 bits per heavy atom. The molecule has 3 aromatic carbocycles. The molecule has 46 heavy (non-hydrogen) atoms. The Kier molecular flexibility index (Phi) is 10.8. The molecule has 0 bridgehead atoms. The minimum absolute atomic E-state index is 0.0329. The van der Waals surface area contributed by atoms with Gasteiger partial charge >= 0.3 is 0 Å². The number of nitriles is 1. The summed E-state index contributed by atoms with van der Waals surface area (Å²) >= 11 is 0. The number of nitrogens with zero attached hydrogens (tertiary/aromatic N) is 3. The average molecular weight is 614 g/mol. The van der Waals surface area contributed by atoms with E-state index in [1.165, 1.54) is 5.57 Å². The number of fused-ring (bicyclic) bond motifs is 1. The Balaban J connectivity index is 1.21. The molecule has 5 rings (SSSR count). The van der Waals surface area contributed by atoms with Crippen molar-refractivity contribution in [3.05, 3.63) is 117 Å². The van der Waals surface area contributed by atoms with E-state index in [1.807, 2.05) is 71.9 Å². The van der Waals surface area contributed by atoms with E-state index >= 15 is 0 Å². The van der Waals surface area contributed by atoms with Crippen LogP contribution in [0.25, 0.3) is 0 Å². The zero-order chi connectivity index (χ0) is 32.6. The van der Waals surface area contributed by atoms with Gasteiger partial charge in [-0.3, -0.25) is 19.4 Å². The standard InChI is InChI=1S/C40H43N3O3/c1-27-25-42-26-36(28(27)2)20-21-43-39(34-17-13-32(24-41)14-18-34)23-35-19-12-31(22-38(35)40(43)46)7-5-9-37(45)8-4-6-30-10-15-33(16-11-30)29(3)44/h10-19,22,25-28,39H,4-9,20-21,23H2,1-3H3. The topological polar surface area (TPSA) is 90.6 Å². The van der Waals surface area contributed by atoms with Crippen molar-refractivity contribution in [2.75, 3.05) is 6.54 Å². The smallest absolute Gasteiger partial charge is 0.254 e. The van der Waals surface area contributed by atoms with Gasteiger partial charge in [-0.25, -0.2) is 0 Å². The van der Waals surface area contributed by atoms with Gasteiger partial charge in [-0.2, -0.15) is 5.26 Å². The van der Waals surface area contributed by atoms with Gasteiger partial charge in [-0.15, -0.1) is 0 Å². The van der Waals surface area contributed by atoms with Crippen molar-refractivity contribution in [1.29, 1.82) is 5.26 Å². The predicted octanol–water partition coefficient (Wildman–Crippen LogP) is 8.05. The van der Waals surface area contributed by atoms with Gasteiger partial charge in [0, 0.05) is 42.9 Å². The van der Waals surface area contributed by atoms with Crippen LogP contribution in [0.2, 0.25) is 0 Å². The number of benzene rings is 3. The van der Waals surface area contributed by atoms with Crippen LogP contribution in [-0.2, 0) is 24.1 Å². The Labute approximate surface area is 272 Å². The minimum atomic E-state index is -0.108. The van der Waals surface area contributed by atoms with Gasteiger partial charge in [-0.1, -0.05) is 62.4 Å². The van der Waals surface area contributed by atoms with Crippen LogP contribution < -0.4 is 0 Å². The molecule has 2 heterocycles. The van der Waals surface area contributed by atoms with Crippen molar-refractivity contribution in [3.63, 3.8) is 0 Å². The molecule has 0 aliphatic carbocycles. The largest absolute Gasteiger partial charge is 0.331 e. The minimum Gasteiger partial charge on any atom is -0.331 e.